The van der Waals surface area contributed by atoms with E-state index < -0.39 is 0 Å². The summed E-state index contributed by atoms with van der Waals surface area (Å²) >= 11 is 0. The maximum atomic E-state index is 13.0. The third-order valence-electron chi connectivity index (χ3n) is 4.76. The molecule has 24 heavy (non-hydrogen) atoms. The number of hydrogen-bond donors (Lipinski definition) is 1. The van der Waals surface area contributed by atoms with Crippen LogP contribution in [0, 0.1) is 5.92 Å². The largest absolute Gasteiger partial charge is 0.356 e. The van der Waals surface area contributed by atoms with Gasteiger partial charge in [-0.25, -0.2) is 0 Å². The fourth-order valence-corrected chi connectivity index (χ4v) is 3.46. The van der Waals surface area contributed by atoms with Crippen LogP contribution in [0.25, 0.3) is 10.8 Å². The number of nitrogens with one attached hydrogen (secondary N) is 1. The summed E-state index contributed by atoms with van der Waals surface area (Å²) in [6, 6.07) is 13.8. The van der Waals surface area contributed by atoms with E-state index in [0.29, 0.717) is 13.1 Å². The Hall–Kier alpha value is -2.36. The van der Waals surface area contributed by atoms with Crippen molar-refractivity contribution in [1.29, 1.82) is 0 Å². The highest BCUT2D eigenvalue weighted by atomic mass is 16.2. The molecule has 1 atom stereocenters. The minimum atomic E-state index is 0.0234. The molecule has 1 aliphatic rings. The number of carbonyl (C=O) groups is 2. The Balaban J connectivity index is 1.76. The van der Waals surface area contributed by atoms with E-state index in [4.69, 9.17) is 0 Å². The first-order valence-corrected chi connectivity index (χ1v) is 8.75. The van der Waals surface area contributed by atoms with Gasteiger partial charge in [-0.05, 0) is 43.0 Å². The lowest BCUT2D eigenvalue weighted by atomic mass is 10.00. The average molecular weight is 324 g/mol. The van der Waals surface area contributed by atoms with Crippen molar-refractivity contribution in [3.05, 3.63) is 48.0 Å². The van der Waals surface area contributed by atoms with Crippen molar-refractivity contribution in [3.63, 3.8) is 0 Å². The predicted molar refractivity (Wildman–Crippen MR) is 95.9 cm³/mol. The smallest absolute Gasteiger partial charge is 0.254 e. The van der Waals surface area contributed by atoms with Gasteiger partial charge in [-0.3, -0.25) is 9.59 Å². The molecule has 1 unspecified atom stereocenters. The van der Waals surface area contributed by atoms with Gasteiger partial charge in [0, 0.05) is 31.1 Å². The van der Waals surface area contributed by atoms with Gasteiger partial charge >= 0.3 is 0 Å². The highest BCUT2D eigenvalue weighted by Crippen LogP contribution is 2.23. The molecule has 2 amide bonds. The predicted octanol–water partition coefficient (Wildman–Crippen LogP) is 3.22. The molecule has 1 heterocycles. The number of likely N-dealkylation sites (tertiary alicyclic amines) is 1. The second-order valence-corrected chi connectivity index (χ2v) is 6.34. The first kappa shape index (κ1) is 16.5. The van der Waals surface area contributed by atoms with Crippen LogP contribution in [0.1, 0.15) is 36.5 Å². The summed E-state index contributed by atoms with van der Waals surface area (Å²) < 4.78 is 0. The molecule has 2 aromatic rings. The Morgan fingerprint density at radius 1 is 1.08 bits per heavy atom. The molecule has 1 saturated heterocycles. The first-order chi connectivity index (χ1) is 11.7. The number of benzene rings is 2. The van der Waals surface area contributed by atoms with E-state index in [1.807, 2.05) is 54.3 Å². The van der Waals surface area contributed by atoms with Crippen molar-refractivity contribution in [1.82, 2.24) is 10.2 Å². The maximum absolute atomic E-state index is 13.0. The summed E-state index contributed by atoms with van der Waals surface area (Å²) in [6.45, 7) is 3.96. The molecule has 0 aromatic heterocycles. The molecule has 0 saturated carbocycles. The minimum Gasteiger partial charge on any atom is -0.356 e. The SMILES string of the molecule is CCNC(=O)C1CCCN(C(=O)c2cccc3ccccc23)CC1. The van der Waals surface area contributed by atoms with Crippen LogP contribution in [0.15, 0.2) is 42.5 Å². The number of hydrogen-bond acceptors (Lipinski definition) is 2. The van der Waals surface area contributed by atoms with Crippen LogP contribution in [0.3, 0.4) is 0 Å². The Bertz CT molecular complexity index is 736. The van der Waals surface area contributed by atoms with Gasteiger partial charge in [-0.2, -0.15) is 0 Å². The van der Waals surface area contributed by atoms with Gasteiger partial charge in [0.15, 0.2) is 0 Å². The number of fused-ring (bicyclic) bond motifs is 1. The zero-order chi connectivity index (χ0) is 16.9. The molecular formula is C20H24N2O2. The van der Waals surface area contributed by atoms with E-state index in [9.17, 15) is 9.59 Å². The van der Waals surface area contributed by atoms with Gasteiger partial charge in [-0.1, -0.05) is 36.4 Å². The molecule has 126 valence electrons. The van der Waals surface area contributed by atoms with Crippen molar-refractivity contribution in [3.8, 4) is 0 Å². The molecule has 0 aliphatic carbocycles. The fourth-order valence-electron chi connectivity index (χ4n) is 3.46. The quantitative estimate of drug-likeness (QED) is 0.942. The van der Waals surface area contributed by atoms with Crippen molar-refractivity contribution in [2.45, 2.75) is 26.2 Å². The molecule has 0 bridgehead atoms. The summed E-state index contributed by atoms with van der Waals surface area (Å²) in [5.74, 6) is 0.218. The Morgan fingerprint density at radius 3 is 2.71 bits per heavy atom. The molecule has 1 N–H and O–H groups in total. The molecule has 0 spiro atoms. The number of amides is 2. The maximum Gasteiger partial charge on any atom is 0.254 e. The molecule has 3 rings (SSSR count). The second kappa shape index (κ2) is 7.47. The van der Waals surface area contributed by atoms with Gasteiger partial charge < -0.3 is 10.2 Å². The standard InChI is InChI=1S/C20H24N2O2/c1-2-21-19(23)16-9-6-13-22(14-12-16)20(24)18-11-5-8-15-7-3-4-10-17(15)18/h3-5,7-8,10-11,16H,2,6,9,12-14H2,1H3,(H,21,23). The topological polar surface area (TPSA) is 49.4 Å². The van der Waals surface area contributed by atoms with Crippen LogP contribution >= 0.6 is 0 Å². The average Bonchev–Trinajstić information content (AvgIpc) is 2.87. The fraction of sp³-hybridized carbons (Fsp3) is 0.400. The highest BCUT2D eigenvalue weighted by Gasteiger charge is 2.25. The third kappa shape index (κ3) is 3.42. The van der Waals surface area contributed by atoms with Gasteiger partial charge in [-0.15, -0.1) is 0 Å². The zero-order valence-corrected chi connectivity index (χ0v) is 14.1. The third-order valence-corrected chi connectivity index (χ3v) is 4.76. The molecule has 0 radical (unpaired) electrons. The van der Waals surface area contributed by atoms with Crippen molar-refractivity contribution in [2.75, 3.05) is 19.6 Å². The Morgan fingerprint density at radius 2 is 1.88 bits per heavy atom. The zero-order valence-electron chi connectivity index (χ0n) is 14.1. The summed E-state index contributed by atoms with van der Waals surface area (Å²) in [7, 11) is 0. The van der Waals surface area contributed by atoms with Crippen LogP contribution in [0.4, 0.5) is 0 Å². The van der Waals surface area contributed by atoms with E-state index >= 15 is 0 Å². The minimum absolute atomic E-state index is 0.0234. The van der Waals surface area contributed by atoms with E-state index in [1.165, 1.54) is 0 Å². The van der Waals surface area contributed by atoms with Gasteiger partial charge in [0.1, 0.15) is 0 Å². The van der Waals surface area contributed by atoms with Crippen molar-refractivity contribution in [2.24, 2.45) is 5.92 Å². The lowest BCUT2D eigenvalue weighted by Crippen LogP contribution is -2.34. The van der Waals surface area contributed by atoms with Crippen LogP contribution in [0.5, 0.6) is 0 Å². The molecule has 4 heteroatoms. The lowest BCUT2D eigenvalue weighted by Gasteiger charge is -2.21. The van der Waals surface area contributed by atoms with Crippen LogP contribution in [-0.2, 0) is 4.79 Å². The number of rotatable bonds is 3. The number of carbonyl (C=O) groups excluding carboxylic acids is 2. The van der Waals surface area contributed by atoms with Gasteiger partial charge in [0.25, 0.3) is 5.91 Å². The van der Waals surface area contributed by atoms with Crippen molar-refractivity contribution >= 4 is 22.6 Å². The van der Waals surface area contributed by atoms with E-state index in [2.05, 4.69) is 5.32 Å². The van der Waals surface area contributed by atoms with Crippen LogP contribution in [0.2, 0.25) is 0 Å². The molecule has 4 nitrogen and oxygen atoms in total. The summed E-state index contributed by atoms with van der Waals surface area (Å²) in [5.41, 5.74) is 0.754. The molecule has 1 aliphatic heterocycles. The van der Waals surface area contributed by atoms with Gasteiger partial charge in [0.05, 0.1) is 0 Å². The first-order valence-electron chi connectivity index (χ1n) is 8.75. The monoisotopic (exact) mass is 324 g/mol. The molecule has 1 fully saturated rings. The van der Waals surface area contributed by atoms with Gasteiger partial charge in [0.2, 0.25) is 5.91 Å². The second-order valence-electron chi connectivity index (χ2n) is 6.34. The van der Waals surface area contributed by atoms with E-state index in [0.717, 1.165) is 42.1 Å². The molecular weight excluding hydrogens is 300 g/mol. The number of nitrogens with zero attached hydrogens (tertiary/aromatic N) is 1. The Kier molecular flexibility index (Phi) is 5.14. The summed E-state index contributed by atoms with van der Waals surface area (Å²) in [5, 5.41) is 4.98. The van der Waals surface area contributed by atoms with Crippen LogP contribution < -0.4 is 5.32 Å². The normalized spacial score (nSPS) is 18.2. The van der Waals surface area contributed by atoms with Crippen molar-refractivity contribution < 1.29 is 9.59 Å². The Labute approximate surface area is 142 Å². The highest BCUT2D eigenvalue weighted by molar-refractivity contribution is 6.07. The van der Waals surface area contributed by atoms with E-state index in [1.54, 1.807) is 0 Å². The van der Waals surface area contributed by atoms with Crippen LogP contribution in [-0.4, -0.2) is 36.3 Å². The lowest BCUT2D eigenvalue weighted by molar-refractivity contribution is -0.125. The van der Waals surface area contributed by atoms with E-state index in [-0.39, 0.29) is 17.7 Å². The summed E-state index contributed by atoms with van der Waals surface area (Å²) in [4.78, 5) is 27.0. The summed E-state index contributed by atoms with van der Waals surface area (Å²) in [6.07, 6.45) is 2.46. The molecule has 2 aromatic carbocycles.